The Morgan fingerprint density at radius 3 is 2.78 bits per heavy atom. The Morgan fingerprint density at radius 2 is 2.06 bits per heavy atom. The average Bonchev–Trinajstić information content (AvgIpc) is 2.77. The van der Waals surface area contributed by atoms with Gasteiger partial charge in [-0.05, 0) is 47.9 Å². The van der Waals surface area contributed by atoms with Crippen molar-refractivity contribution in [3.8, 4) is 0 Å². The number of fused-ring (bicyclic) bond motifs is 1. The van der Waals surface area contributed by atoms with Gasteiger partial charge in [0.2, 0.25) is 0 Å². The minimum atomic E-state index is 0.614. The Kier molecular flexibility index (Phi) is 2.70. The molecule has 1 heterocycles. The van der Waals surface area contributed by atoms with Gasteiger partial charge in [-0.3, -0.25) is 4.99 Å². The van der Waals surface area contributed by atoms with Crippen molar-refractivity contribution < 1.29 is 0 Å². The molecule has 1 atom stereocenters. The molecule has 2 aliphatic rings. The molecule has 0 saturated heterocycles. The van der Waals surface area contributed by atoms with Crippen LogP contribution in [0.25, 0.3) is 5.57 Å². The summed E-state index contributed by atoms with van der Waals surface area (Å²) in [6.07, 6.45) is 5.20. The molecule has 1 nitrogen and oxygen atoms in total. The Morgan fingerprint density at radius 1 is 1.22 bits per heavy atom. The van der Waals surface area contributed by atoms with Crippen molar-refractivity contribution in [3.63, 3.8) is 0 Å². The molecule has 0 bridgehead atoms. The molecule has 0 spiro atoms. The Bertz CT molecular complexity index is 575. The molecule has 0 aromatic heterocycles. The number of benzene rings is 1. The van der Waals surface area contributed by atoms with Gasteiger partial charge in [0.15, 0.2) is 0 Å². The first-order valence-corrected chi connectivity index (χ1v) is 6.65. The number of rotatable bonds is 1. The van der Waals surface area contributed by atoms with E-state index in [9.17, 15) is 0 Å². The van der Waals surface area contributed by atoms with E-state index in [1.807, 2.05) is 6.20 Å². The summed E-state index contributed by atoms with van der Waals surface area (Å²) in [5.74, 6) is 0.614. The average molecular weight is 237 g/mol. The van der Waals surface area contributed by atoms with Crippen LogP contribution in [0.15, 0.2) is 41.5 Å². The molecule has 18 heavy (non-hydrogen) atoms. The second-order valence-electron chi connectivity index (χ2n) is 5.62. The smallest absolute Gasteiger partial charge is 0.0309 e. The topological polar surface area (TPSA) is 12.4 Å². The summed E-state index contributed by atoms with van der Waals surface area (Å²) in [6, 6.07) is 6.87. The van der Waals surface area contributed by atoms with E-state index in [1.165, 1.54) is 33.5 Å². The molecule has 0 N–H and O–H groups in total. The molecular formula is C17H19N. The van der Waals surface area contributed by atoms with Gasteiger partial charge in [-0.15, -0.1) is 0 Å². The summed E-state index contributed by atoms with van der Waals surface area (Å²) >= 11 is 0. The van der Waals surface area contributed by atoms with Crippen molar-refractivity contribution in [2.24, 2.45) is 10.9 Å². The third-order valence-electron chi connectivity index (χ3n) is 4.10. The molecule has 1 aliphatic heterocycles. The standard InChI is InChI=1S/C17H19N/c1-11-6-14-4-5-15(9-16(14)7-12(11)2)17-8-13(3)18-10-17/h4-5,9-10,12H,1,6-8H2,2-3H3. The number of allylic oxidation sites excluding steroid dienone is 2. The summed E-state index contributed by atoms with van der Waals surface area (Å²) in [5.41, 5.74) is 8.23. The molecule has 3 rings (SSSR count). The molecular weight excluding hydrogens is 218 g/mol. The Hall–Kier alpha value is -1.63. The molecule has 1 heteroatoms. The highest BCUT2D eigenvalue weighted by Gasteiger charge is 2.19. The number of hydrogen-bond donors (Lipinski definition) is 0. The predicted octanol–water partition coefficient (Wildman–Crippen LogP) is 4.18. The maximum absolute atomic E-state index is 4.37. The maximum atomic E-state index is 4.37. The first kappa shape index (κ1) is 11.5. The molecule has 1 aliphatic carbocycles. The van der Waals surface area contributed by atoms with Crippen molar-refractivity contribution >= 4 is 11.3 Å². The highest BCUT2D eigenvalue weighted by molar-refractivity contribution is 5.96. The normalized spacial score (nSPS) is 22.6. The molecule has 1 unspecified atom stereocenters. The second kappa shape index (κ2) is 4.24. The van der Waals surface area contributed by atoms with Gasteiger partial charge < -0.3 is 0 Å². The van der Waals surface area contributed by atoms with Crippen LogP contribution in [0.1, 0.15) is 37.0 Å². The zero-order valence-electron chi connectivity index (χ0n) is 11.2. The molecule has 0 amide bonds. The van der Waals surface area contributed by atoms with E-state index in [-0.39, 0.29) is 0 Å². The first-order chi connectivity index (χ1) is 8.63. The largest absolute Gasteiger partial charge is 0.265 e. The van der Waals surface area contributed by atoms with Crippen molar-refractivity contribution in [3.05, 3.63) is 53.2 Å². The van der Waals surface area contributed by atoms with Gasteiger partial charge in [0.1, 0.15) is 0 Å². The number of hydrogen-bond acceptors (Lipinski definition) is 1. The summed E-state index contributed by atoms with van der Waals surface area (Å²) in [5, 5.41) is 0. The van der Waals surface area contributed by atoms with E-state index in [0.717, 1.165) is 19.3 Å². The third-order valence-corrected chi connectivity index (χ3v) is 4.10. The van der Waals surface area contributed by atoms with Crippen LogP contribution in [0.4, 0.5) is 0 Å². The molecule has 1 aromatic rings. The highest BCUT2D eigenvalue weighted by atomic mass is 14.7. The van der Waals surface area contributed by atoms with Crippen LogP contribution in [0.2, 0.25) is 0 Å². The molecule has 0 saturated carbocycles. The van der Waals surface area contributed by atoms with Crippen molar-refractivity contribution in [1.29, 1.82) is 0 Å². The van der Waals surface area contributed by atoms with Crippen LogP contribution in [0.3, 0.4) is 0 Å². The van der Waals surface area contributed by atoms with Crippen LogP contribution in [-0.4, -0.2) is 5.71 Å². The second-order valence-corrected chi connectivity index (χ2v) is 5.62. The third kappa shape index (κ3) is 1.94. The molecule has 0 fully saturated rings. The summed E-state index contributed by atoms with van der Waals surface area (Å²) < 4.78 is 0. The number of nitrogens with zero attached hydrogens (tertiary/aromatic N) is 1. The minimum absolute atomic E-state index is 0.614. The lowest BCUT2D eigenvalue weighted by Crippen LogP contribution is -2.14. The lowest BCUT2D eigenvalue weighted by Gasteiger charge is -2.24. The van der Waals surface area contributed by atoms with E-state index in [4.69, 9.17) is 0 Å². The minimum Gasteiger partial charge on any atom is -0.265 e. The summed E-state index contributed by atoms with van der Waals surface area (Å²) in [4.78, 5) is 4.37. The number of aliphatic imine (C=N–C) groups is 1. The first-order valence-electron chi connectivity index (χ1n) is 6.65. The van der Waals surface area contributed by atoms with E-state index >= 15 is 0 Å². The predicted molar refractivity (Wildman–Crippen MR) is 77.9 cm³/mol. The van der Waals surface area contributed by atoms with Gasteiger partial charge in [0.05, 0.1) is 0 Å². The fourth-order valence-corrected chi connectivity index (χ4v) is 2.81. The van der Waals surface area contributed by atoms with E-state index < -0.39 is 0 Å². The monoisotopic (exact) mass is 237 g/mol. The summed E-state index contributed by atoms with van der Waals surface area (Å²) in [7, 11) is 0. The van der Waals surface area contributed by atoms with Crippen LogP contribution in [-0.2, 0) is 12.8 Å². The van der Waals surface area contributed by atoms with Gasteiger partial charge in [-0.25, -0.2) is 0 Å². The summed E-state index contributed by atoms with van der Waals surface area (Å²) in [6.45, 7) is 8.54. The lowest BCUT2D eigenvalue weighted by atomic mass is 9.80. The van der Waals surface area contributed by atoms with Crippen LogP contribution in [0.5, 0.6) is 0 Å². The van der Waals surface area contributed by atoms with E-state index in [2.05, 4.69) is 43.6 Å². The Labute approximate surface area is 109 Å². The van der Waals surface area contributed by atoms with Gasteiger partial charge >= 0.3 is 0 Å². The van der Waals surface area contributed by atoms with Crippen LogP contribution >= 0.6 is 0 Å². The zero-order chi connectivity index (χ0) is 12.7. The van der Waals surface area contributed by atoms with Crippen molar-refractivity contribution in [2.75, 3.05) is 0 Å². The van der Waals surface area contributed by atoms with Gasteiger partial charge in [0, 0.05) is 18.3 Å². The fraction of sp³-hybridized carbons (Fsp3) is 0.353. The van der Waals surface area contributed by atoms with Crippen LogP contribution < -0.4 is 0 Å². The van der Waals surface area contributed by atoms with Crippen molar-refractivity contribution in [1.82, 2.24) is 0 Å². The molecule has 92 valence electrons. The highest BCUT2D eigenvalue weighted by Crippen LogP contribution is 2.32. The SMILES string of the molecule is C=C1Cc2ccc(C3=CN=C(C)C3)cc2CC1C. The van der Waals surface area contributed by atoms with E-state index in [1.54, 1.807) is 0 Å². The Balaban J connectivity index is 1.93. The van der Waals surface area contributed by atoms with E-state index in [0.29, 0.717) is 5.92 Å². The van der Waals surface area contributed by atoms with Gasteiger partial charge in [-0.1, -0.05) is 37.3 Å². The van der Waals surface area contributed by atoms with Gasteiger partial charge in [0.25, 0.3) is 0 Å². The zero-order valence-corrected chi connectivity index (χ0v) is 11.2. The molecule has 1 aromatic carbocycles. The molecule has 0 radical (unpaired) electrons. The van der Waals surface area contributed by atoms with Crippen LogP contribution in [0, 0.1) is 5.92 Å². The maximum Gasteiger partial charge on any atom is 0.0309 e. The fourth-order valence-electron chi connectivity index (χ4n) is 2.81. The van der Waals surface area contributed by atoms with Gasteiger partial charge in [-0.2, -0.15) is 0 Å². The quantitative estimate of drug-likeness (QED) is 0.650. The lowest BCUT2D eigenvalue weighted by molar-refractivity contribution is 0.630. The van der Waals surface area contributed by atoms with Crippen molar-refractivity contribution in [2.45, 2.75) is 33.1 Å².